The summed E-state index contributed by atoms with van der Waals surface area (Å²) in [5.74, 6) is 0. The Morgan fingerprint density at radius 2 is 2.16 bits per heavy atom. The predicted molar refractivity (Wildman–Crippen MR) is 82.3 cm³/mol. The van der Waals surface area contributed by atoms with E-state index in [4.69, 9.17) is 5.73 Å². The lowest BCUT2D eigenvalue weighted by atomic mass is 10.1. The maximum absolute atomic E-state index is 5.99. The van der Waals surface area contributed by atoms with Crippen molar-refractivity contribution in [1.82, 2.24) is 9.80 Å². The van der Waals surface area contributed by atoms with Crippen LogP contribution in [0.1, 0.15) is 25.3 Å². The van der Waals surface area contributed by atoms with E-state index in [2.05, 4.69) is 35.9 Å². The van der Waals surface area contributed by atoms with Crippen LogP contribution in [-0.4, -0.2) is 49.1 Å². The molecular formula is C16H27N3. The number of likely N-dealkylation sites (N-methyl/N-ethyl adjacent to an activating group) is 2. The lowest BCUT2D eigenvalue weighted by Crippen LogP contribution is -2.39. The Morgan fingerprint density at radius 3 is 2.89 bits per heavy atom. The molecule has 0 amide bonds. The maximum Gasteiger partial charge on any atom is 0.0347 e. The second-order valence-corrected chi connectivity index (χ2v) is 5.64. The summed E-state index contributed by atoms with van der Waals surface area (Å²) in [5.41, 5.74) is 8.18. The number of hydrogen-bond donors (Lipinski definition) is 1. The van der Waals surface area contributed by atoms with E-state index in [9.17, 15) is 0 Å². The molecule has 2 N–H and O–H groups in total. The Hall–Kier alpha value is -1.06. The van der Waals surface area contributed by atoms with E-state index < -0.39 is 0 Å². The number of likely N-dealkylation sites (tertiary alicyclic amines) is 1. The smallest absolute Gasteiger partial charge is 0.0347 e. The molecule has 0 bridgehead atoms. The van der Waals surface area contributed by atoms with Crippen molar-refractivity contribution in [3.8, 4) is 0 Å². The molecule has 1 heterocycles. The van der Waals surface area contributed by atoms with Gasteiger partial charge in [0, 0.05) is 24.8 Å². The van der Waals surface area contributed by atoms with Crippen LogP contribution in [0.15, 0.2) is 24.3 Å². The third-order valence-corrected chi connectivity index (χ3v) is 4.25. The van der Waals surface area contributed by atoms with Crippen LogP contribution in [0.25, 0.3) is 0 Å². The highest BCUT2D eigenvalue weighted by Crippen LogP contribution is 2.17. The molecule has 3 nitrogen and oxygen atoms in total. The molecule has 3 heteroatoms. The van der Waals surface area contributed by atoms with Crippen molar-refractivity contribution < 1.29 is 0 Å². The Bertz CT molecular complexity index is 391. The molecule has 1 aliphatic rings. The third-order valence-electron chi connectivity index (χ3n) is 4.25. The number of anilines is 1. The van der Waals surface area contributed by atoms with Crippen LogP contribution < -0.4 is 5.73 Å². The van der Waals surface area contributed by atoms with Gasteiger partial charge in [0.05, 0.1) is 0 Å². The topological polar surface area (TPSA) is 32.5 Å². The number of nitrogen functional groups attached to an aromatic ring is 1. The van der Waals surface area contributed by atoms with E-state index >= 15 is 0 Å². The molecule has 0 aliphatic carbocycles. The summed E-state index contributed by atoms with van der Waals surface area (Å²) in [7, 11) is 2.23. The summed E-state index contributed by atoms with van der Waals surface area (Å²) in [5, 5.41) is 0. The van der Waals surface area contributed by atoms with Gasteiger partial charge in [-0.25, -0.2) is 0 Å². The first-order valence-corrected chi connectivity index (χ1v) is 7.46. The zero-order valence-corrected chi connectivity index (χ0v) is 12.3. The fraction of sp³-hybridized carbons (Fsp3) is 0.625. The highest BCUT2D eigenvalue weighted by atomic mass is 15.2. The molecule has 0 radical (unpaired) electrons. The third kappa shape index (κ3) is 3.95. The van der Waals surface area contributed by atoms with Crippen molar-refractivity contribution >= 4 is 5.69 Å². The molecule has 0 spiro atoms. The summed E-state index contributed by atoms with van der Waals surface area (Å²) in [6.07, 6.45) is 3.76. The highest BCUT2D eigenvalue weighted by molar-refractivity contribution is 5.46. The number of benzene rings is 1. The molecule has 1 aromatic rings. The van der Waals surface area contributed by atoms with Gasteiger partial charge in [-0.3, -0.25) is 4.90 Å². The zero-order valence-electron chi connectivity index (χ0n) is 12.3. The molecule has 0 aromatic heterocycles. The number of nitrogens with zero attached hydrogens (tertiary/aromatic N) is 2. The van der Waals surface area contributed by atoms with Crippen molar-refractivity contribution in [3.63, 3.8) is 0 Å². The van der Waals surface area contributed by atoms with Gasteiger partial charge in [-0.2, -0.15) is 0 Å². The molecule has 1 fully saturated rings. The molecule has 1 unspecified atom stereocenters. The van der Waals surface area contributed by atoms with Gasteiger partial charge in [-0.1, -0.05) is 25.1 Å². The molecule has 1 saturated heterocycles. The van der Waals surface area contributed by atoms with Gasteiger partial charge < -0.3 is 10.6 Å². The van der Waals surface area contributed by atoms with Gasteiger partial charge in [0.2, 0.25) is 0 Å². The number of hydrogen-bond acceptors (Lipinski definition) is 3. The van der Waals surface area contributed by atoms with E-state index in [0.29, 0.717) is 0 Å². The van der Waals surface area contributed by atoms with Crippen LogP contribution >= 0.6 is 0 Å². The summed E-state index contributed by atoms with van der Waals surface area (Å²) in [4.78, 5) is 5.05. The van der Waals surface area contributed by atoms with Gasteiger partial charge in [-0.15, -0.1) is 0 Å². The monoisotopic (exact) mass is 261 g/mol. The second kappa shape index (κ2) is 6.92. The minimum absolute atomic E-state index is 0.753. The summed E-state index contributed by atoms with van der Waals surface area (Å²) in [6.45, 7) is 7.00. The van der Waals surface area contributed by atoms with Crippen LogP contribution in [0.2, 0.25) is 0 Å². The second-order valence-electron chi connectivity index (χ2n) is 5.64. The van der Waals surface area contributed by atoms with Crippen molar-refractivity contribution in [2.24, 2.45) is 0 Å². The van der Waals surface area contributed by atoms with Gasteiger partial charge in [0.25, 0.3) is 0 Å². The Labute approximate surface area is 117 Å². The molecule has 1 aromatic carbocycles. The number of para-hydroxylation sites is 1. The summed E-state index contributed by atoms with van der Waals surface area (Å²) in [6, 6.07) is 8.95. The molecule has 1 aliphatic heterocycles. The van der Waals surface area contributed by atoms with Gasteiger partial charge in [-0.05, 0) is 51.0 Å². The predicted octanol–water partition coefficient (Wildman–Crippen LogP) is 2.23. The van der Waals surface area contributed by atoms with Crippen molar-refractivity contribution in [2.45, 2.75) is 32.2 Å². The highest BCUT2D eigenvalue weighted by Gasteiger charge is 2.23. The normalized spacial score (nSPS) is 20.3. The SMILES string of the molecule is CCN1CCCC1CN(C)CCc1ccccc1N. The molecule has 1 atom stereocenters. The van der Waals surface area contributed by atoms with Gasteiger partial charge >= 0.3 is 0 Å². The van der Waals surface area contributed by atoms with E-state index in [1.165, 1.54) is 38.0 Å². The van der Waals surface area contributed by atoms with Crippen LogP contribution in [0.3, 0.4) is 0 Å². The van der Waals surface area contributed by atoms with Crippen LogP contribution in [-0.2, 0) is 6.42 Å². The Morgan fingerprint density at radius 1 is 1.37 bits per heavy atom. The van der Waals surface area contributed by atoms with E-state index in [0.717, 1.165) is 24.7 Å². The minimum Gasteiger partial charge on any atom is -0.399 e. The average Bonchev–Trinajstić information content (AvgIpc) is 2.85. The fourth-order valence-electron chi connectivity index (χ4n) is 3.04. The van der Waals surface area contributed by atoms with Crippen LogP contribution in [0, 0.1) is 0 Å². The number of nitrogens with two attached hydrogens (primary N) is 1. The van der Waals surface area contributed by atoms with Crippen LogP contribution in [0.4, 0.5) is 5.69 Å². The Balaban J connectivity index is 1.78. The molecule has 0 saturated carbocycles. The molecule has 2 rings (SSSR count). The van der Waals surface area contributed by atoms with E-state index in [1.807, 2.05) is 12.1 Å². The van der Waals surface area contributed by atoms with Gasteiger partial charge in [0.15, 0.2) is 0 Å². The number of rotatable bonds is 6. The summed E-state index contributed by atoms with van der Waals surface area (Å²) < 4.78 is 0. The standard InChI is InChI=1S/C16H27N3/c1-3-19-11-6-8-15(19)13-18(2)12-10-14-7-4-5-9-16(14)17/h4-5,7,9,15H,3,6,8,10-13,17H2,1-2H3. The van der Waals surface area contributed by atoms with Crippen molar-refractivity contribution in [3.05, 3.63) is 29.8 Å². The lowest BCUT2D eigenvalue weighted by Gasteiger charge is -2.27. The van der Waals surface area contributed by atoms with E-state index in [-0.39, 0.29) is 0 Å². The zero-order chi connectivity index (χ0) is 13.7. The van der Waals surface area contributed by atoms with Crippen molar-refractivity contribution in [2.75, 3.05) is 39.0 Å². The van der Waals surface area contributed by atoms with Crippen molar-refractivity contribution in [1.29, 1.82) is 0 Å². The Kier molecular flexibility index (Phi) is 5.23. The lowest BCUT2D eigenvalue weighted by molar-refractivity contribution is 0.200. The minimum atomic E-state index is 0.753. The molecule has 19 heavy (non-hydrogen) atoms. The first-order chi connectivity index (χ1) is 9.20. The fourth-order valence-corrected chi connectivity index (χ4v) is 3.04. The maximum atomic E-state index is 5.99. The quantitative estimate of drug-likeness (QED) is 0.797. The van der Waals surface area contributed by atoms with Crippen LogP contribution in [0.5, 0.6) is 0 Å². The molecular weight excluding hydrogens is 234 g/mol. The first kappa shape index (κ1) is 14.4. The van der Waals surface area contributed by atoms with Gasteiger partial charge in [0.1, 0.15) is 0 Å². The first-order valence-electron chi connectivity index (χ1n) is 7.46. The largest absolute Gasteiger partial charge is 0.399 e. The molecule has 106 valence electrons. The summed E-state index contributed by atoms with van der Waals surface area (Å²) >= 11 is 0. The van der Waals surface area contributed by atoms with E-state index in [1.54, 1.807) is 0 Å². The average molecular weight is 261 g/mol.